The van der Waals surface area contributed by atoms with E-state index in [4.69, 9.17) is 0 Å². The maximum atomic E-state index is 13.2. The van der Waals surface area contributed by atoms with Gasteiger partial charge in [0.05, 0.1) is 17.5 Å². The Morgan fingerprint density at radius 2 is 2.26 bits per heavy atom. The summed E-state index contributed by atoms with van der Waals surface area (Å²) < 4.78 is 15.9. The number of fused-ring (bicyclic) bond motifs is 1. The first-order valence-corrected chi connectivity index (χ1v) is 9.88. The fourth-order valence-electron chi connectivity index (χ4n) is 3.63. The molecule has 1 aliphatic rings. The summed E-state index contributed by atoms with van der Waals surface area (Å²) in [5.41, 5.74) is 2.18. The molecular formula is C22H21FN6O2. The van der Waals surface area contributed by atoms with Crippen LogP contribution in [0.25, 0.3) is 17.3 Å². The number of nitrogens with zero attached hydrogens (tertiary/aromatic N) is 5. The zero-order chi connectivity index (χ0) is 22.0. The molecule has 1 N–H and O–H groups in total. The van der Waals surface area contributed by atoms with E-state index in [1.807, 2.05) is 0 Å². The number of pyridine rings is 1. The van der Waals surface area contributed by atoms with Crippen molar-refractivity contribution in [2.24, 2.45) is 4.99 Å². The molecule has 4 rings (SSSR count). The molecule has 3 aromatic rings. The normalized spacial score (nSPS) is 13.7. The number of anilines is 1. The topological polar surface area (TPSA) is 93.6 Å². The van der Waals surface area contributed by atoms with Gasteiger partial charge in [-0.15, -0.1) is 0 Å². The molecule has 0 atom stereocenters. The number of allylic oxidation sites excluding steroid dienone is 3. The van der Waals surface area contributed by atoms with Crippen LogP contribution >= 0.6 is 0 Å². The molecule has 1 amide bonds. The first kappa shape index (κ1) is 20.4. The van der Waals surface area contributed by atoms with Crippen LogP contribution in [0.1, 0.15) is 37.4 Å². The molecule has 8 nitrogen and oxygen atoms in total. The number of rotatable bonds is 6. The lowest BCUT2D eigenvalue weighted by molar-refractivity contribution is -0.116. The van der Waals surface area contributed by atoms with Gasteiger partial charge in [-0.25, -0.2) is 14.4 Å². The van der Waals surface area contributed by atoms with Gasteiger partial charge in [-0.3, -0.25) is 14.2 Å². The molecule has 0 bridgehead atoms. The molecule has 31 heavy (non-hydrogen) atoms. The van der Waals surface area contributed by atoms with E-state index in [0.717, 1.165) is 36.7 Å². The van der Waals surface area contributed by atoms with E-state index in [2.05, 4.69) is 33.2 Å². The molecule has 0 saturated carbocycles. The first-order chi connectivity index (χ1) is 15.0. The van der Waals surface area contributed by atoms with Gasteiger partial charge in [0, 0.05) is 6.07 Å². The third-order valence-electron chi connectivity index (χ3n) is 5.03. The average molecular weight is 420 g/mol. The van der Waals surface area contributed by atoms with Gasteiger partial charge in [0.15, 0.2) is 5.82 Å². The summed E-state index contributed by atoms with van der Waals surface area (Å²) in [6.07, 6.45) is 9.42. The quantitative estimate of drug-likeness (QED) is 0.617. The molecule has 158 valence electrons. The molecule has 0 fully saturated rings. The average Bonchev–Trinajstić information content (AvgIpc) is 3.43. The first-order valence-electron chi connectivity index (χ1n) is 9.88. The monoisotopic (exact) mass is 420 g/mol. The van der Waals surface area contributed by atoms with Crippen molar-refractivity contribution in [1.29, 1.82) is 0 Å². The molecule has 0 aliphatic heterocycles. The molecule has 0 radical (unpaired) electrons. The number of nitrogens with one attached hydrogen (secondary N) is 1. The summed E-state index contributed by atoms with van der Waals surface area (Å²) in [5.74, 6) is -0.470. The van der Waals surface area contributed by atoms with Gasteiger partial charge >= 0.3 is 0 Å². The Labute approximate surface area is 177 Å². The van der Waals surface area contributed by atoms with E-state index in [1.54, 1.807) is 29.7 Å². The molecule has 3 heterocycles. The van der Waals surface area contributed by atoms with E-state index < -0.39 is 11.7 Å². The van der Waals surface area contributed by atoms with Gasteiger partial charge in [-0.2, -0.15) is 9.61 Å². The third kappa shape index (κ3) is 3.94. The van der Waals surface area contributed by atoms with E-state index in [1.165, 1.54) is 16.7 Å². The van der Waals surface area contributed by atoms with Crippen molar-refractivity contribution < 1.29 is 9.18 Å². The highest BCUT2D eigenvalue weighted by molar-refractivity contribution is 5.90. The Morgan fingerprint density at radius 3 is 2.90 bits per heavy atom. The van der Waals surface area contributed by atoms with E-state index in [9.17, 15) is 14.0 Å². The van der Waals surface area contributed by atoms with Crippen LogP contribution in [0.4, 0.5) is 16.0 Å². The lowest BCUT2D eigenvalue weighted by Crippen LogP contribution is -2.30. The van der Waals surface area contributed by atoms with Crippen molar-refractivity contribution in [3.8, 4) is 0 Å². The van der Waals surface area contributed by atoms with Gasteiger partial charge in [0.25, 0.3) is 5.56 Å². The molecule has 0 saturated heterocycles. The van der Waals surface area contributed by atoms with Gasteiger partial charge in [-0.05, 0) is 56.7 Å². The fraction of sp³-hybridized carbons (Fsp3) is 0.227. The summed E-state index contributed by atoms with van der Waals surface area (Å²) in [7, 11) is 0. The Hall–Kier alpha value is -3.88. The number of carbonyl (C=O) groups excluding carboxylic acids is 1. The summed E-state index contributed by atoms with van der Waals surface area (Å²) in [4.78, 5) is 33.7. The van der Waals surface area contributed by atoms with Crippen LogP contribution < -0.4 is 10.9 Å². The van der Waals surface area contributed by atoms with Crippen LogP contribution in [0, 0.1) is 5.82 Å². The van der Waals surface area contributed by atoms with E-state index in [0.29, 0.717) is 11.5 Å². The maximum absolute atomic E-state index is 13.2. The second kappa shape index (κ2) is 8.47. The Bertz CT molecular complexity index is 1280. The number of hydrogen-bond acceptors (Lipinski definition) is 5. The SMILES string of the molecule is C=Nc1c(/C=C\C)c(=O)n(CC(=O)Nc2ccc(F)cn2)c2cc(C3=CCCC3)nn12. The highest BCUT2D eigenvalue weighted by Gasteiger charge is 2.20. The molecule has 0 unspecified atom stereocenters. The summed E-state index contributed by atoms with van der Waals surface area (Å²) in [6.45, 7) is 5.11. The standard InChI is InChI=1S/C22H21FN6O2/c1-3-6-16-21(24-2)29-20(11-17(27-29)14-7-4-5-8-14)28(22(16)31)13-19(30)26-18-10-9-15(23)12-25-18/h3,6-7,9-12H,2,4-5,8,13H2,1H3,(H,25,26,30)/b6-3-. The number of aromatic nitrogens is 4. The lowest BCUT2D eigenvalue weighted by atomic mass is 10.2. The highest BCUT2D eigenvalue weighted by Crippen LogP contribution is 2.29. The van der Waals surface area contributed by atoms with Crippen molar-refractivity contribution in [2.75, 3.05) is 5.32 Å². The number of halogens is 1. The summed E-state index contributed by atoms with van der Waals surface area (Å²) >= 11 is 0. The van der Waals surface area contributed by atoms with Crippen LogP contribution in [0.2, 0.25) is 0 Å². The van der Waals surface area contributed by atoms with E-state index >= 15 is 0 Å². The van der Waals surface area contributed by atoms with Crippen molar-refractivity contribution in [3.05, 3.63) is 64.0 Å². The highest BCUT2D eigenvalue weighted by atomic mass is 19.1. The predicted molar refractivity (Wildman–Crippen MR) is 118 cm³/mol. The molecule has 0 aromatic carbocycles. The van der Waals surface area contributed by atoms with Crippen molar-refractivity contribution in [3.63, 3.8) is 0 Å². The largest absolute Gasteiger partial charge is 0.309 e. The summed E-state index contributed by atoms with van der Waals surface area (Å²) in [5, 5.41) is 7.23. The minimum atomic E-state index is -0.507. The van der Waals surface area contributed by atoms with Gasteiger partial charge in [-0.1, -0.05) is 12.2 Å². The second-order valence-electron chi connectivity index (χ2n) is 7.12. The molecular weight excluding hydrogens is 399 g/mol. The minimum Gasteiger partial charge on any atom is -0.309 e. The Morgan fingerprint density at radius 1 is 1.42 bits per heavy atom. The van der Waals surface area contributed by atoms with Gasteiger partial charge < -0.3 is 5.32 Å². The Balaban J connectivity index is 1.81. The van der Waals surface area contributed by atoms with Gasteiger partial charge in [0.2, 0.25) is 5.91 Å². The second-order valence-corrected chi connectivity index (χ2v) is 7.12. The van der Waals surface area contributed by atoms with Crippen LogP contribution in [0.3, 0.4) is 0 Å². The lowest BCUT2D eigenvalue weighted by Gasteiger charge is -2.12. The molecule has 3 aromatic heterocycles. The smallest absolute Gasteiger partial charge is 0.263 e. The molecule has 0 spiro atoms. The maximum Gasteiger partial charge on any atom is 0.263 e. The number of carbonyl (C=O) groups is 1. The Kier molecular flexibility index (Phi) is 5.57. The minimum absolute atomic E-state index is 0.193. The number of hydrogen-bond donors (Lipinski definition) is 1. The molecule has 9 heteroatoms. The third-order valence-corrected chi connectivity index (χ3v) is 5.03. The number of aliphatic imine (C=N–C) groups is 1. The summed E-state index contributed by atoms with van der Waals surface area (Å²) in [6, 6.07) is 4.33. The van der Waals surface area contributed by atoms with Crippen LogP contribution in [0.5, 0.6) is 0 Å². The zero-order valence-corrected chi connectivity index (χ0v) is 17.0. The number of amides is 1. The van der Waals surface area contributed by atoms with Crippen LogP contribution in [-0.4, -0.2) is 31.8 Å². The van der Waals surface area contributed by atoms with Crippen molar-refractivity contribution in [1.82, 2.24) is 19.2 Å². The molecule has 1 aliphatic carbocycles. The van der Waals surface area contributed by atoms with E-state index in [-0.39, 0.29) is 23.5 Å². The zero-order valence-electron chi connectivity index (χ0n) is 17.0. The van der Waals surface area contributed by atoms with Crippen molar-refractivity contribution >= 4 is 41.6 Å². The van der Waals surface area contributed by atoms with Crippen LogP contribution in [0.15, 0.2) is 46.3 Å². The van der Waals surface area contributed by atoms with Crippen LogP contribution in [-0.2, 0) is 11.3 Å². The predicted octanol–water partition coefficient (Wildman–Crippen LogP) is 3.60. The van der Waals surface area contributed by atoms with Gasteiger partial charge in [0.1, 0.15) is 23.8 Å². The van der Waals surface area contributed by atoms with Crippen molar-refractivity contribution in [2.45, 2.75) is 32.7 Å². The fourth-order valence-corrected chi connectivity index (χ4v) is 3.63.